The van der Waals surface area contributed by atoms with Crippen molar-refractivity contribution in [2.24, 2.45) is 0 Å². The number of furan rings is 1. The van der Waals surface area contributed by atoms with Crippen LogP contribution in [0.1, 0.15) is 10.4 Å². The summed E-state index contributed by atoms with van der Waals surface area (Å²) in [6.45, 7) is 0. The normalized spacial score (nSPS) is 10.4. The first-order valence-corrected chi connectivity index (χ1v) is 6.67. The van der Waals surface area contributed by atoms with Crippen LogP contribution in [0.3, 0.4) is 0 Å². The Hall–Kier alpha value is -2.34. The van der Waals surface area contributed by atoms with Gasteiger partial charge < -0.3 is 14.3 Å². The molecule has 0 aliphatic rings. The van der Waals surface area contributed by atoms with Crippen molar-refractivity contribution in [1.29, 1.82) is 0 Å². The van der Waals surface area contributed by atoms with Crippen LogP contribution in [0.4, 0.5) is 5.69 Å². The van der Waals surface area contributed by atoms with Gasteiger partial charge in [0.2, 0.25) is 0 Å². The fraction of sp³-hybridized carbons (Fsp3) is 0. The van der Waals surface area contributed by atoms with Crippen molar-refractivity contribution in [2.75, 3.05) is 5.32 Å². The molecule has 0 aliphatic carbocycles. The number of halogens is 1. The predicted molar refractivity (Wildman–Crippen MR) is 77.9 cm³/mol. The van der Waals surface area contributed by atoms with Crippen LogP contribution in [-0.4, -0.2) is 15.5 Å². The van der Waals surface area contributed by atoms with Crippen LogP contribution in [0, 0.1) is 0 Å². The molecule has 0 bridgehead atoms. The molecule has 0 radical (unpaired) electrons. The van der Waals surface area contributed by atoms with Gasteiger partial charge in [0.1, 0.15) is 0 Å². The number of nitrogens with zero attached hydrogens (tertiary/aromatic N) is 2. The highest BCUT2D eigenvalue weighted by molar-refractivity contribution is 9.10. The molecule has 1 aromatic carbocycles. The second-order valence-electron chi connectivity index (χ2n) is 4.05. The van der Waals surface area contributed by atoms with Crippen LogP contribution in [0.2, 0.25) is 0 Å². The molecule has 3 aromatic rings. The summed E-state index contributed by atoms with van der Waals surface area (Å²) in [6.07, 6.45) is 6.64. The van der Waals surface area contributed by atoms with Crippen molar-refractivity contribution in [3.05, 3.63) is 65.5 Å². The Morgan fingerprint density at radius 2 is 2.15 bits per heavy atom. The van der Waals surface area contributed by atoms with Crippen molar-refractivity contribution in [3.63, 3.8) is 0 Å². The molecular formula is C14H10BrN3O2. The second kappa shape index (κ2) is 5.34. The second-order valence-corrected chi connectivity index (χ2v) is 4.77. The van der Waals surface area contributed by atoms with Gasteiger partial charge in [0.05, 0.1) is 29.5 Å². The first-order valence-electron chi connectivity index (χ1n) is 5.87. The van der Waals surface area contributed by atoms with E-state index >= 15 is 0 Å². The summed E-state index contributed by atoms with van der Waals surface area (Å²) in [4.78, 5) is 16.2. The molecule has 5 nitrogen and oxygen atoms in total. The highest BCUT2D eigenvalue weighted by atomic mass is 79.9. The quantitative estimate of drug-likeness (QED) is 0.799. The Morgan fingerprint density at radius 1 is 1.30 bits per heavy atom. The summed E-state index contributed by atoms with van der Waals surface area (Å²) >= 11 is 3.19. The topological polar surface area (TPSA) is 60.1 Å². The lowest BCUT2D eigenvalue weighted by Crippen LogP contribution is -2.13. The number of benzene rings is 1. The molecule has 1 N–H and O–H groups in total. The molecule has 0 aliphatic heterocycles. The Labute approximate surface area is 123 Å². The van der Waals surface area contributed by atoms with Crippen molar-refractivity contribution in [1.82, 2.24) is 9.55 Å². The molecule has 0 saturated heterocycles. The van der Waals surface area contributed by atoms with Gasteiger partial charge in [-0.2, -0.15) is 0 Å². The summed E-state index contributed by atoms with van der Waals surface area (Å²) < 4.78 is 7.31. The van der Waals surface area contributed by atoms with E-state index in [1.165, 1.54) is 6.26 Å². The van der Waals surface area contributed by atoms with E-state index in [0.29, 0.717) is 15.9 Å². The molecule has 2 heterocycles. The number of hydrogen-bond donors (Lipinski definition) is 1. The van der Waals surface area contributed by atoms with E-state index in [1.54, 1.807) is 18.6 Å². The van der Waals surface area contributed by atoms with Crippen molar-refractivity contribution >= 4 is 27.5 Å². The van der Waals surface area contributed by atoms with E-state index < -0.39 is 0 Å². The third-order valence-electron chi connectivity index (χ3n) is 2.80. The number of nitrogens with one attached hydrogen (secondary N) is 1. The summed E-state index contributed by atoms with van der Waals surface area (Å²) in [7, 11) is 0. The number of rotatable bonds is 3. The molecule has 0 saturated carbocycles. The Balaban J connectivity index is 1.92. The molecule has 3 rings (SSSR count). The average molecular weight is 332 g/mol. The van der Waals surface area contributed by atoms with Crippen LogP contribution in [0.15, 0.2) is 64.4 Å². The molecule has 2 aromatic heterocycles. The smallest absolute Gasteiger partial charge is 0.260 e. The highest BCUT2D eigenvalue weighted by Gasteiger charge is 2.14. The minimum Gasteiger partial charge on any atom is -0.457 e. The zero-order valence-corrected chi connectivity index (χ0v) is 11.9. The number of carbonyl (C=O) groups excluding carboxylic acids is 1. The minimum absolute atomic E-state index is 0.238. The van der Waals surface area contributed by atoms with E-state index in [4.69, 9.17) is 4.42 Å². The number of anilines is 1. The van der Waals surface area contributed by atoms with Gasteiger partial charge in [0, 0.05) is 12.4 Å². The molecule has 0 atom stereocenters. The van der Waals surface area contributed by atoms with Gasteiger partial charge >= 0.3 is 0 Å². The van der Waals surface area contributed by atoms with Crippen LogP contribution in [-0.2, 0) is 0 Å². The first-order chi connectivity index (χ1) is 9.75. The van der Waals surface area contributed by atoms with E-state index in [2.05, 4.69) is 26.2 Å². The van der Waals surface area contributed by atoms with Gasteiger partial charge in [-0.15, -0.1) is 0 Å². The summed E-state index contributed by atoms with van der Waals surface area (Å²) in [6, 6.07) is 9.11. The van der Waals surface area contributed by atoms with Crippen LogP contribution in [0.25, 0.3) is 5.69 Å². The first kappa shape index (κ1) is 12.7. The maximum atomic E-state index is 12.2. The lowest BCUT2D eigenvalue weighted by Gasteiger charge is -2.10. The number of amides is 1. The van der Waals surface area contributed by atoms with Gasteiger partial charge in [0.15, 0.2) is 4.67 Å². The lowest BCUT2D eigenvalue weighted by molar-refractivity contribution is 0.102. The van der Waals surface area contributed by atoms with Crippen LogP contribution in [0.5, 0.6) is 0 Å². The monoisotopic (exact) mass is 331 g/mol. The van der Waals surface area contributed by atoms with E-state index in [1.807, 2.05) is 35.0 Å². The van der Waals surface area contributed by atoms with Gasteiger partial charge in [-0.25, -0.2) is 4.98 Å². The van der Waals surface area contributed by atoms with Crippen molar-refractivity contribution in [2.45, 2.75) is 0 Å². The average Bonchev–Trinajstić information content (AvgIpc) is 3.10. The number of aromatic nitrogens is 2. The minimum atomic E-state index is -0.238. The summed E-state index contributed by atoms with van der Waals surface area (Å²) in [5.41, 5.74) is 1.99. The number of para-hydroxylation sites is 2. The zero-order valence-electron chi connectivity index (χ0n) is 10.3. The summed E-state index contributed by atoms with van der Waals surface area (Å²) in [5.74, 6) is -0.238. The number of hydrogen-bond acceptors (Lipinski definition) is 3. The van der Waals surface area contributed by atoms with Crippen molar-refractivity contribution < 1.29 is 9.21 Å². The predicted octanol–water partition coefficient (Wildman–Crippen LogP) is 3.48. The molecule has 100 valence electrons. The third-order valence-corrected chi connectivity index (χ3v) is 3.41. The fourth-order valence-electron chi connectivity index (χ4n) is 1.85. The SMILES string of the molecule is O=C(Nc1ccccc1-n1ccnc1)c1ccoc1Br. The molecule has 1 amide bonds. The number of imidazole rings is 1. The lowest BCUT2D eigenvalue weighted by atomic mass is 10.2. The molecule has 20 heavy (non-hydrogen) atoms. The third kappa shape index (κ3) is 2.37. The molecule has 0 spiro atoms. The van der Waals surface area contributed by atoms with Crippen LogP contribution < -0.4 is 5.32 Å². The van der Waals surface area contributed by atoms with Gasteiger partial charge in [-0.3, -0.25) is 4.79 Å². The van der Waals surface area contributed by atoms with E-state index in [9.17, 15) is 4.79 Å². The highest BCUT2D eigenvalue weighted by Crippen LogP contribution is 2.23. The number of carbonyl (C=O) groups is 1. The van der Waals surface area contributed by atoms with E-state index in [-0.39, 0.29) is 5.91 Å². The standard InChI is InChI=1S/C14H10BrN3O2/c15-13-10(5-8-20-13)14(19)17-11-3-1-2-4-12(11)18-7-6-16-9-18/h1-9H,(H,17,19). The van der Waals surface area contributed by atoms with Gasteiger partial charge in [-0.1, -0.05) is 12.1 Å². The maximum Gasteiger partial charge on any atom is 0.260 e. The molecule has 0 fully saturated rings. The molecule has 0 unspecified atom stereocenters. The van der Waals surface area contributed by atoms with E-state index in [0.717, 1.165) is 5.69 Å². The Morgan fingerprint density at radius 3 is 2.85 bits per heavy atom. The van der Waals surface area contributed by atoms with Crippen molar-refractivity contribution in [3.8, 4) is 5.69 Å². The fourth-order valence-corrected chi connectivity index (χ4v) is 2.27. The summed E-state index contributed by atoms with van der Waals surface area (Å²) in [5, 5.41) is 2.86. The van der Waals surface area contributed by atoms with Gasteiger partial charge in [-0.05, 0) is 34.1 Å². The molecule has 6 heteroatoms. The largest absolute Gasteiger partial charge is 0.457 e. The maximum absolute atomic E-state index is 12.2. The van der Waals surface area contributed by atoms with Gasteiger partial charge in [0.25, 0.3) is 5.91 Å². The zero-order chi connectivity index (χ0) is 13.9. The Bertz CT molecular complexity index is 734. The Kier molecular flexibility index (Phi) is 3.39. The van der Waals surface area contributed by atoms with Crippen LogP contribution >= 0.6 is 15.9 Å². The molecular weight excluding hydrogens is 322 g/mol.